The molecule has 0 fully saturated rings. The van der Waals surface area contributed by atoms with E-state index in [1.54, 1.807) is 18.8 Å². The van der Waals surface area contributed by atoms with Crippen LogP contribution in [-0.4, -0.2) is 18.5 Å². The third-order valence-corrected chi connectivity index (χ3v) is 0.536. The molecule has 0 aliphatic heterocycles. The number of carbonyl (C=O) groups is 2. The van der Waals surface area contributed by atoms with E-state index < -0.39 is 11.9 Å². The minimum absolute atomic E-state index is 0.350. The fraction of sp³-hybridized carbons (Fsp3) is 0.250. The number of primary amides is 1. The first kappa shape index (κ1) is 12.7. The Labute approximate surface area is 71.1 Å². The number of rotatable bonds is 1. The highest BCUT2D eigenvalue weighted by Gasteiger charge is 1.87. The van der Waals surface area contributed by atoms with Gasteiger partial charge in [0, 0.05) is 5.92 Å². The molecule has 12 heavy (non-hydrogen) atoms. The first-order valence-corrected chi connectivity index (χ1v) is 2.97. The molecule has 4 nitrogen and oxygen atoms in total. The lowest BCUT2D eigenvalue weighted by Gasteiger charge is -1.88. The average molecular weight is 167 g/mol. The molecule has 0 aliphatic rings. The van der Waals surface area contributed by atoms with E-state index >= 15 is 0 Å². The molecule has 0 heterocycles. The normalized spacial score (nSPS) is 6.25. The van der Waals surface area contributed by atoms with Crippen molar-refractivity contribution in [2.24, 2.45) is 5.73 Å². The zero-order valence-corrected chi connectivity index (χ0v) is 6.66. The predicted molar refractivity (Wildman–Crippen MR) is 43.5 cm³/mol. The Morgan fingerprint density at radius 1 is 1.42 bits per heavy atom. The van der Waals surface area contributed by atoms with Crippen molar-refractivity contribution in [1.29, 1.82) is 0 Å². The first-order chi connectivity index (χ1) is 5.58. The van der Waals surface area contributed by atoms with Gasteiger partial charge in [0.25, 0.3) is 5.91 Å². The van der Waals surface area contributed by atoms with E-state index in [2.05, 4.69) is 23.3 Å². The van der Waals surface area contributed by atoms with Crippen molar-refractivity contribution in [3.8, 4) is 24.7 Å². The van der Waals surface area contributed by atoms with Gasteiger partial charge in [-0.2, -0.15) is 0 Å². The predicted octanol–water partition coefficient (Wildman–Crippen LogP) is -0.712. The summed E-state index contributed by atoms with van der Waals surface area (Å²) >= 11 is 0. The molecule has 0 radical (unpaired) electrons. The molecular formula is C8H9NO3. The van der Waals surface area contributed by atoms with E-state index in [0.29, 0.717) is 6.61 Å². The molecule has 0 saturated carbocycles. The Kier molecular flexibility index (Phi) is 9.60. The first-order valence-electron chi connectivity index (χ1n) is 2.97. The van der Waals surface area contributed by atoms with Crippen LogP contribution in [0.25, 0.3) is 0 Å². The van der Waals surface area contributed by atoms with E-state index in [0.717, 1.165) is 0 Å². The van der Waals surface area contributed by atoms with Gasteiger partial charge < -0.3 is 10.5 Å². The topological polar surface area (TPSA) is 69.4 Å². The third kappa shape index (κ3) is 15.7. The number of amides is 1. The maximum absolute atomic E-state index is 9.95. The summed E-state index contributed by atoms with van der Waals surface area (Å²) in [6, 6.07) is 0. The number of hydrogen-bond donors (Lipinski definition) is 1. The molecule has 1 amide bonds. The second-order valence-corrected chi connectivity index (χ2v) is 1.37. The number of ether oxygens (including phenoxy) is 1. The van der Waals surface area contributed by atoms with Crippen molar-refractivity contribution in [2.45, 2.75) is 6.92 Å². The van der Waals surface area contributed by atoms with Crippen LogP contribution in [0, 0.1) is 24.7 Å². The van der Waals surface area contributed by atoms with Gasteiger partial charge in [-0.15, -0.1) is 12.8 Å². The molecule has 0 rings (SSSR count). The van der Waals surface area contributed by atoms with E-state index in [1.165, 1.54) is 0 Å². The molecule has 64 valence electrons. The van der Waals surface area contributed by atoms with Crippen LogP contribution in [0.2, 0.25) is 0 Å². The van der Waals surface area contributed by atoms with Gasteiger partial charge >= 0.3 is 5.97 Å². The van der Waals surface area contributed by atoms with Crippen LogP contribution < -0.4 is 5.73 Å². The van der Waals surface area contributed by atoms with Gasteiger partial charge in [-0.1, -0.05) is 0 Å². The molecule has 0 aliphatic carbocycles. The molecule has 0 aromatic rings. The maximum Gasteiger partial charge on any atom is 0.384 e. The van der Waals surface area contributed by atoms with Gasteiger partial charge in [-0.3, -0.25) is 4.79 Å². The van der Waals surface area contributed by atoms with Gasteiger partial charge in [-0.05, 0) is 12.8 Å². The summed E-state index contributed by atoms with van der Waals surface area (Å²) < 4.78 is 4.32. The minimum Gasteiger partial charge on any atom is -0.456 e. The van der Waals surface area contributed by atoms with Crippen LogP contribution in [0.1, 0.15) is 6.92 Å². The molecule has 0 aromatic heterocycles. The molecule has 0 aromatic carbocycles. The summed E-state index contributed by atoms with van der Waals surface area (Å²) in [6.07, 6.45) is 9.08. The Balaban J connectivity index is 0. The fourth-order valence-electron chi connectivity index (χ4n) is 0.173. The Hall–Kier alpha value is -1.94. The molecule has 2 N–H and O–H groups in total. The van der Waals surface area contributed by atoms with Crippen LogP contribution in [0.3, 0.4) is 0 Å². The summed E-state index contributed by atoms with van der Waals surface area (Å²) in [7, 11) is 0. The molecule has 0 bridgehead atoms. The van der Waals surface area contributed by atoms with Crippen molar-refractivity contribution in [2.75, 3.05) is 6.61 Å². The monoisotopic (exact) mass is 167 g/mol. The molecule has 0 spiro atoms. The summed E-state index contributed by atoms with van der Waals surface area (Å²) in [4.78, 5) is 19.3. The molecule has 0 saturated heterocycles. The lowest BCUT2D eigenvalue weighted by atomic mass is 10.7. The second-order valence-electron chi connectivity index (χ2n) is 1.37. The van der Waals surface area contributed by atoms with Crippen LogP contribution in [0.4, 0.5) is 0 Å². The quantitative estimate of drug-likeness (QED) is 0.318. The van der Waals surface area contributed by atoms with Gasteiger partial charge in [0.15, 0.2) is 0 Å². The largest absolute Gasteiger partial charge is 0.456 e. The summed E-state index contributed by atoms with van der Waals surface area (Å²) in [6.45, 7) is 2.05. The summed E-state index contributed by atoms with van der Waals surface area (Å²) in [5, 5.41) is 0. The Bertz CT molecular complexity index is 232. The highest BCUT2D eigenvalue weighted by Crippen LogP contribution is 1.70. The Morgan fingerprint density at radius 3 is 1.92 bits per heavy atom. The lowest BCUT2D eigenvalue weighted by Crippen LogP contribution is -2.05. The average Bonchev–Trinajstić information content (AvgIpc) is 2.06. The number of hydrogen-bond acceptors (Lipinski definition) is 3. The third-order valence-electron chi connectivity index (χ3n) is 0.536. The van der Waals surface area contributed by atoms with Gasteiger partial charge in [0.2, 0.25) is 0 Å². The number of terminal acetylenes is 2. The highest BCUT2D eigenvalue weighted by atomic mass is 16.5. The number of carbonyl (C=O) groups excluding carboxylic acids is 2. The van der Waals surface area contributed by atoms with Gasteiger partial charge in [0.1, 0.15) is 0 Å². The van der Waals surface area contributed by atoms with Crippen LogP contribution in [0.5, 0.6) is 0 Å². The number of esters is 1. The zero-order valence-electron chi connectivity index (χ0n) is 6.66. The maximum atomic E-state index is 9.95. The van der Waals surface area contributed by atoms with Crippen molar-refractivity contribution >= 4 is 11.9 Å². The minimum atomic E-state index is -0.718. The van der Waals surface area contributed by atoms with Crippen LogP contribution in [0.15, 0.2) is 0 Å². The lowest BCUT2D eigenvalue weighted by molar-refractivity contribution is -0.136. The van der Waals surface area contributed by atoms with Crippen molar-refractivity contribution in [3.05, 3.63) is 0 Å². The Morgan fingerprint density at radius 2 is 1.83 bits per heavy atom. The SMILES string of the molecule is C#CC(=O)OCC.C#CC(N)=O. The second kappa shape index (κ2) is 9.06. The fourth-order valence-corrected chi connectivity index (χ4v) is 0.173. The molecule has 4 heteroatoms. The van der Waals surface area contributed by atoms with Crippen LogP contribution in [-0.2, 0) is 14.3 Å². The zero-order chi connectivity index (χ0) is 9.98. The smallest absolute Gasteiger partial charge is 0.384 e. The van der Waals surface area contributed by atoms with Crippen LogP contribution >= 0.6 is 0 Å². The molecule has 0 atom stereocenters. The highest BCUT2D eigenvalue weighted by molar-refractivity contribution is 5.91. The molecular weight excluding hydrogens is 158 g/mol. The standard InChI is InChI=1S/C5H6O2.C3H3NO/c1-3-5(6)7-4-2;1-2-3(4)5/h1H,4H2,2H3;1H,(H2,4,5). The summed E-state index contributed by atoms with van der Waals surface area (Å²) in [5.41, 5.74) is 4.42. The van der Waals surface area contributed by atoms with Gasteiger partial charge in [0.05, 0.1) is 6.61 Å². The van der Waals surface area contributed by atoms with E-state index in [9.17, 15) is 9.59 Å². The summed E-state index contributed by atoms with van der Waals surface area (Å²) in [5.74, 6) is 2.16. The van der Waals surface area contributed by atoms with Gasteiger partial charge in [-0.25, -0.2) is 4.79 Å². The van der Waals surface area contributed by atoms with Crippen molar-refractivity contribution in [1.82, 2.24) is 0 Å². The number of nitrogens with two attached hydrogens (primary N) is 1. The molecule has 0 unspecified atom stereocenters. The van der Waals surface area contributed by atoms with E-state index in [-0.39, 0.29) is 0 Å². The van der Waals surface area contributed by atoms with E-state index in [1.807, 2.05) is 0 Å². The van der Waals surface area contributed by atoms with E-state index in [4.69, 9.17) is 0 Å². The van der Waals surface area contributed by atoms with Crippen molar-refractivity contribution in [3.63, 3.8) is 0 Å². The van der Waals surface area contributed by atoms with Crippen molar-refractivity contribution < 1.29 is 14.3 Å².